The molecule has 0 aromatic heterocycles. The van der Waals surface area contributed by atoms with Crippen LogP contribution in [0.2, 0.25) is 0 Å². The van der Waals surface area contributed by atoms with Gasteiger partial charge in [-0.3, -0.25) is 0 Å². The molecule has 0 aromatic rings. The summed E-state index contributed by atoms with van der Waals surface area (Å²) in [6.07, 6.45) is 2.21. The molecule has 0 aliphatic rings. The summed E-state index contributed by atoms with van der Waals surface area (Å²) in [5, 5.41) is 14.6. The molecule has 0 aliphatic carbocycles. The fourth-order valence-electron chi connectivity index (χ4n) is 0.896. The molecule has 0 spiro atoms. The van der Waals surface area contributed by atoms with Crippen molar-refractivity contribution in [2.45, 2.75) is 12.5 Å². The average Bonchev–Trinajstić information content (AvgIpc) is 2.24. The fraction of sp³-hybridized carbons (Fsp3) is 0.889. The summed E-state index contributed by atoms with van der Waals surface area (Å²) >= 11 is 1.68. The predicted molar refractivity (Wildman–Crippen MR) is 62.3 cm³/mol. The molecular weight excluding hydrogens is 216 g/mol. The van der Waals surface area contributed by atoms with Gasteiger partial charge in [0, 0.05) is 20.2 Å². The minimum Gasteiger partial charge on any atom is -0.391 e. The highest BCUT2D eigenvalue weighted by atomic mass is 32.2. The number of nitrogens with one attached hydrogen (secondary N) is 2. The van der Waals surface area contributed by atoms with Gasteiger partial charge in [0.2, 0.25) is 0 Å². The van der Waals surface area contributed by atoms with Crippen molar-refractivity contribution in [3.8, 4) is 0 Å². The molecule has 6 heteroatoms. The monoisotopic (exact) mass is 236 g/mol. The number of carbonyl (C=O) groups is 1. The Morgan fingerprint density at radius 3 is 2.87 bits per heavy atom. The van der Waals surface area contributed by atoms with Gasteiger partial charge in [-0.25, -0.2) is 4.79 Å². The van der Waals surface area contributed by atoms with Gasteiger partial charge < -0.3 is 20.5 Å². The molecule has 0 rings (SSSR count). The van der Waals surface area contributed by atoms with E-state index in [0.29, 0.717) is 26.1 Å². The molecule has 0 bridgehead atoms. The van der Waals surface area contributed by atoms with Crippen LogP contribution in [0.15, 0.2) is 0 Å². The van der Waals surface area contributed by atoms with Crippen molar-refractivity contribution >= 4 is 17.8 Å². The van der Waals surface area contributed by atoms with Crippen molar-refractivity contribution in [2.75, 3.05) is 38.8 Å². The molecule has 0 heterocycles. The van der Waals surface area contributed by atoms with Crippen molar-refractivity contribution in [1.82, 2.24) is 10.6 Å². The number of amides is 2. The van der Waals surface area contributed by atoms with Crippen molar-refractivity contribution < 1.29 is 14.6 Å². The summed E-state index contributed by atoms with van der Waals surface area (Å²) in [5.74, 6) is 0.897. The van der Waals surface area contributed by atoms with Crippen molar-refractivity contribution in [3.63, 3.8) is 0 Å². The highest BCUT2D eigenvalue weighted by Crippen LogP contribution is 1.98. The normalized spacial score (nSPS) is 12.2. The Balaban J connectivity index is 3.36. The predicted octanol–water partition coefficient (Wildman–Crippen LogP) is 0.0460. The van der Waals surface area contributed by atoms with E-state index in [1.807, 2.05) is 6.26 Å². The van der Waals surface area contributed by atoms with E-state index in [-0.39, 0.29) is 6.03 Å². The molecule has 15 heavy (non-hydrogen) atoms. The minimum absolute atomic E-state index is 0.268. The van der Waals surface area contributed by atoms with E-state index < -0.39 is 6.10 Å². The number of ether oxygens (including phenoxy) is 1. The van der Waals surface area contributed by atoms with E-state index in [1.54, 1.807) is 18.9 Å². The molecule has 1 atom stereocenters. The summed E-state index contributed by atoms with van der Waals surface area (Å²) in [4.78, 5) is 11.1. The van der Waals surface area contributed by atoms with Crippen LogP contribution >= 0.6 is 11.8 Å². The zero-order valence-corrected chi connectivity index (χ0v) is 10.1. The molecule has 0 aromatic carbocycles. The molecule has 5 nitrogen and oxygen atoms in total. The highest BCUT2D eigenvalue weighted by molar-refractivity contribution is 7.98. The van der Waals surface area contributed by atoms with Gasteiger partial charge in [-0.15, -0.1) is 0 Å². The van der Waals surface area contributed by atoms with Crippen LogP contribution < -0.4 is 10.6 Å². The molecule has 0 saturated heterocycles. The third-order valence-corrected chi connectivity index (χ3v) is 2.39. The number of urea groups is 1. The van der Waals surface area contributed by atoms with Crippen LogP contribution in [-0.4, -0.2) is 56.1 Å². The van der Waals surface area contributed by atoms with E-state index in [2.05, 4.69) is 10.6 Å². The van der Waals surface area contributed by atoms with Gasteiger partial charge in [0.1, 0.15) is 0 Å². The summed E-state index contributed by atoms with van der Waals surface area (Å²) in [6.45, 7) is 1.26. The first-order chi connectivity index (χ1) is 7.20. The topological polar surface area (TPSA) is 70.6 Å². The summed E-state index contributed by atoms with van der Waals surface area (Å²) in [7, 11) is 1.58. The lowest BCUT2D eigenvalue weighted by atomic mass is 10.3. The number of rotatable bonds is 8. The summed E-state index contributed by atoms with van der Waals surface area (Å²) in [5.41, 5.74) is 0. The molecular formula is C9H20N2O3S. The SMILES string of the molecule is COCCNC(=O)NCC(O)CCSC. The third kappa shape index (κ3) is 9.84. The van der Waals surface area contributed by atoms with E-state index in [4.69, 9.17) is 4.74 Å². The lowest BCUT2D eigenvalue weighted by Gasteiger charge is -2.11. The van der Waals surface area contributed by atoms with Gasteiger partial charge in [0.05, 0.1) is 12.7 Å². The molecule has 0 saturated carbocycles. The molecule has 3 N–H and O–H groups in total. The Kier molecular flexibility index (Phi) is 9.76. The number of carbonyl (C=O) groups excluding carboxylic acids is 1. The van der Waals surface area contributed by atoms with Crippen molar-refractivity contribution in [3.05, 3.63) is 0 Å². The van der Waals surface area contributed by atoms with Crippen molar-refractivity contribution in [1.29, 1.82) is 0 Å². The van der Waals surface area contributed by atoms with Gasteiger partial charge in [-0.2, -0.15) is 11.8 Å². The van der Waals surface area contributed by atoms with E-state index in [1.165, 1.54) is 0 Å². The standard InChI is InChI=1S/C9H20N2O3S/c1-14-5-4-10-9(13)11-7-8(12)3-6-15-2/h8,12H,3-7H2,1-2H3,(H2,10,11,13). The number of aliphatic hydroxyl groups is 1. The van der Waals surface area contributed by atoms with E-state index >= 15 is 0 Å². The van der Waals surface area contributed by atoms with Gasteiger partial charge in [-0.1, -0.05) is 0 Å². The fourth-order valence-corrected chi connectivity index (χ4v) is 1.40. The maximum Gasteiger partial charge on any atom is 0.314 e. The largest absolute Gasteiger partial charge is 0.391 e. The molecule has 90 valence electrons. The first-order valence-corrected chi connectivity index (χ1v) is 6.27. The van der Waals surface area contributed by atoms with Gasteiger partial charge in [0.25, 0.3) is 0 Å². The van der Waals surface area contributed by atoms with Crippen LogP contribution in [0, 0.1) is 0 Å². The first kappa shape index (κ1) is 14.5. The van der Waals surface area contributed by atoms with Crippen LogP contribution in [0.3, 0.4) is 0 Å². The third-order valence-electron chi connectivity index (χ3n) is 1.75. The second kappa shape index (κ2) is 10.1. The Morgan fingerprint density at radius 2 is 2.27 bits per heavy atom. The molecule has 1 unspecified atom stereocenters. The number of aliphatic hydroxyl groups excluding tert-OH is 1. The molecule has 0 aliphatic heterocycles. The van der Waals surface area contributed by atoms with Crippen LogP contribution in [0.5, 0.6) is 0 Å². The first-order valence-electron chi connectivity index (χ1n) is 4.88. The Hall–Kier alpha value is -0.460. The van der Waals surface area contributed by atoms with Gasteiger partial charge in [0.15, 0.2) is 0 Å². The summed E-state index contributed by atoms with van der Waals surface area (Å²) < 4.78 is 4.78. The quantitative estimate of drug-likeness (QED) is 0.521. The second-order valence-corrected chi connectivity index (χ2v) is 4.05. The van der Waals surface area contributed by atoms with Gasteiger partial charge >= 0.3 is 6.03 Å². The molecule has 0 radical (unpaired) electrons. The van der Waals surface area contributed by atoms with Gasteiger partial charge in [-0.05, 0) is 18.4 Å². The Labute approximate surface area is 95.0 Å². The maximum absolute atomic E-state index is 11.1. The summed E-state index contributed by atoms with van der Waals surface area (Å²) in [6, 6.07) is -0.268. The second-order valence-electron chi connectivity index (χ2n) is 3.06. The van der Waals surface area contributed by atoms with Crippen LogP contribution in [0.1, 0.15) is 6.42 Å². The number of thioether (sulfide) groups is 1. The minimum atomic E-state index is -0.467. The number of hydrogen-bond donors (Lipinski definition) is 3. The zero-order chi connectivity index (χ0) is 11.5. The highest BCUT2D eigenvalue weighted by Gasteiger charge is 2.05. The van der Waals surface area contributed by atoms with Crippen LogP contribution in [0.25, 0.3) is 0 Å². The number of methoxy groups -OCH3 is 1. The Bertz CT molecular complexity index is 169. The van der Waals surface area contributed by atoms with E-state index in [0.717, 1.165) is 5.75 Å². The zero-order valence-electron chi connectivity index (χ0n) is 9.28. The molecule has 0 fully saturated rings. The average molecular weight is 236 g/mol. The van der Waals surface area contributed by atoms with Crippen LogP contribution in [0.4, 0.5) is 4.79 Å². The maximum atomic E-state index is 11.1. The van der Waals surface area contributed by atoms with Crippen molar-refractivity contribution in [2.24, 2.45) is 0 Å². The lowest BCUT2D eigenvalue weighted by molar-refractivity contribution is 0.166. The Morgan fingerprint density at radius 1 is 1.53 bits per heavy atom. The molecule has 2 amide bonds. The van der Waals surface area contributed by atoms with E-state index in [9.17, 15) is 9.90 Å². The van der Waals surface area contributed by atoms with Crippen LogP contribution in [-0.2, 0) is 4.74 Å². The lowest BCUT2D eigenvalue weighted by Crippen LogP contribution is -2.41. The number of hydrogen-bond acceptors (Lipinski definition) is 4. The smallest absolute Gasteiger partial charge is 0.314 e.